The summed E-state index contributed by atoms with van der Waals surface area (Å²) >= 11 is 1.27. The molecule has 36 heavy (non-hydrogen) atoms. The lowest BCUT2D eigenvalue weighted by Crippen LogP contribution is -2.30. The summed E-state index contributed by atoms with van der Waals surface area (Å²) < 4.78 is 3.40. The summed E-state index contributed by atoms with van der Waals surface area (Å²) in [6, 6.07) is 10.8. The Morgan fingerprint density at radius 1 is 1.03 bits per heavy atom. The maximum absolute atomic E-state index is 13.4. The van der Waals surface area contributed by atoms with E-state index in [2.05, 4.69) is 15.5 Å². The number of aryl methyl sites for hydroxylation is 2. The number of rotatable bonds is 8. The smallest absolute Gasteiger partial charge is 0.262 e. The number of carbonyl (C=O) groups excluding carboxylic acids is 2. The molecule has 2 aromatic heterocycles. The molecule has 4 rings (SSSR count). The fourth-order valence-corrected chi connectivity index (χ4v) is 5.05. The molecule has 188 valence electrons. The van der Waals surface area contributed by atoms with Gasteiger partial charge in [-0.25, -0.2) is 0 Å². The van der Waals surface area contributed by atoms with Crippen molar-refractivity contribution in [1.82, 2.24) is 24.5 Å². The minimum absolute atomic E-state index is 0.00828. The summed E-state index contributed by atoms with van der Waals surface area (Å²) in [6.07, 6.45) is 0. The zero-order chi connectivity index (χ0) is 26.1. The average molecular weight is 506 g/mol. The van der Waals surface area contributed by atoms with Crippen LogP contribution in [0.5, 0.6) is 0 Å². The molecule has 8 nitrogen and oxygen atoms in total. The van der Waals surface area contributed by atoms with Gasteiger partial charge in [0.25, 0.3) is 11.5 Å². The van der Waals surface area contributed by atoms with Crippen molar-refractivity contribution >= 4 is 40.1 Å². The third-order valence-corrected chi connectivity index (χ3v) is 6.75. The lowest BCUT2D eigenvalue weighted by molar-refractivity contribution is 0.0942. The van der Waals surface area contributed by atoms with E-state index in [1.54, 1.807) is 27.2 Å². The number of hydrogen-bond acceptors (Lipinski definition) is 6. The quantitative estimate of drug-likeness (QED) is 0.281. The molecule has 0 spiro atoms. The molecule has 1 N–H and O–H groups in total. The molecule has 0 radical (unpaired) electrons. The molecule has 2 heterocycles. The first kappa shape index (κ1) is 25.6. The van der Waals surface area contributed by atoms with Crippen LogP contribution in [-0.4, -0.2) is 42.7 Å². The van der Waals surface area contributed by atoms with Crippen LogP contribution >= 0.6 is 11.8 Å². The second-order valence-corrected chi connectivity index (χ2v) is 10.8. The van der Waals surface area contributed by atoms with Gasteiger partial charge in [-0.15, -0.1) is 10.2 Å². The first-order chi connectivity index (χ1) is 17.1. The summed E-state index contributed by atoms with van der Waals surface area (Å²) in [5.41, 5.74) is 3.51. The van der Waals surface area contributed by atoms with Crippen LogP contribution in [0.4, 0.5) is 0 Å². The van der Waals surface area contributed by atoms with Crippen molar-refractivity contribution < 1.29 is 9.59 Å². The Morgan fingerprint density at radius 3 is 2.44 bits per heavy atom. The van der Waals surface area contributed by atoms with Gasteiger partial charge in [0.15, 0.2) is 10.9 Å². The van der Waals surface area contributed by atoms with Crippen molar-refractivity contribution in [3.63, 3.8) is 0 Å². The number of amides is 1. The van der Waals surface area contributed by atoms with Crippen LogP contribution in [0, 0.1) is 19.8 Å². The first-order valence-corrected chi connectivity index (χ1v) is 13.0. The standard InChI is InChI=1S/C27H31N5O3S/c1-15(2)13-31-25(35)21-10-8-19(24(34)28-16(3)4)12-22(21)32-26(31)29-30-27(32)36-14-23(33)20-9-7-17(5)11-18(20)6/h7-12,15-16H,13-14H2,1-6H3,(H,28,34). The molecule has 1 amide bonds. The lowest BCUT2D eigenvalue weighted by Gasteiger charge is -2.14. The number of nitrogens with zero attached hydrogens (tertiary/aromatic N) is 4. The number of carbonyl (C=O) groups is 2. The maximum Gasteiger partial charge on any atom is 0.262 e. The predicted octanol–water partition coefficient (Wildman–Crippen LogP) is 4.43. The van der Waals surface area contributed by atoms with E-state index < -0.39 is 0 Å². The SMILES string of the molecule is Cc1ccc(C(=O)CSc2nnc3n(CC(C)C)c(=O)c4ccc(C(=O)NC(C)C)cc4n23)c(C)c1. The highest BCUT2D eigenvalue weighted by Gasteiger charge is 2.20. The van der Waals surface area contributed by atoms with E-state index in [0.29, 0.717) is 39.5 Å². The Labute approximate surface area is 214 Å². The zero-order valence-electron chi connectivity index (χ0n) is 21.5. The molecule has 0 fully saturated rings. The Bertz CT molecular complexity index is 1530. The molecule has 4 aromatic rings. The number of thioether (sulfide) groups is 1. The molecule has 0 aliphatic rings. The Kier molecular flexibility index (Phi) is 7.31. The van der Waals surface area contributed by atoms with Crippen LogP contribution in [0.3, 0.4) is 0 Å². The highest BCUT2D eigenvalue weighted by atomic mass is 32.2. The minimum atomic E-state index is -0.223. The molecular weight excluding hydrogens is 474 g/mol. The van der Waals surface area contributed by atoms with Crippen molar-refractivity contribution in [2.75, 3.05) is 5.75 Å². The van der Waals surface area contributed by atoms with Gasteiger partial charge in [-0.3, -0.25) is 23.4 Å². The van der Waals surface area contributed by atoms with Gasteiger partial charge in [-0.05, 0) is 57.4 Å². The van der Waals surface area contributed by atoms with E-state index >= 15 is 0 Å². The summed E-state index contributed by atoms with van der Waals surface area (Å²) in [7, 11) is 0. The normalized spacial score (nSPS) is 11.7. The Hall–Kier alpha value is -3.46. The fraction of sp³-hybridized carbons (Fsp3) is 0.370. The fourth-order valence-electron chi connectivity index (χ4n) is 4.23. The van der Waals surface area contributed by atoms with Gasteiger partial charge in [0.2, 0.25) is 5.78 Å². The van der Waals surface area contributed by atoms with E-state index in [-0.39, 0.29) is 35.0 Å². The van der Waals surface area contributed by atoms with Crippen LogP contribution < -0.4 is 10.9 Å². The molecule has 2 aromatic carbocycles. The zero-order valence-corrected chi connectivity index (χ0v) is 22.3. The summed E-state index contributed by atoms with van der Waals surface area (Å²) in [6.45, 7) is 12.2. The van der Waals surface area contributed by atoms with Crippen molar-refractivity contribution in [3.8, 4) is 0 Å². The Balaban J connectivity index is 1.82. The van der Waals surface area contributed by atoms with Gasteiger partial charge in [-0.2, -0.15) is 0 Å². The van der Waals surface area contributed by atoms with Gasteiger partial charge in [0.1, 0.15) is 0 Å². The monoisotopic (exact) mass is 505 g/mol. The van der Waals surface area contributed by atoms with Gasteiger partial charge >= 0.3 is 0 Å². The minimum Gasteiger partial charge on any atom is -0.350 e. The average Bonchev–Trinajstić information content (AvgIpc) is 3.23. The molecule has 0 saturated carbocycles. The van der Waals surface area contributed by atoms with Crippen molar-refractivity contribution in [1.29, 1.82) is 0 Å². The van der Waals surface area contributed by atoms with Crippen molar-refractivity contribution in [3.05, 3.63) is 69.0 Å². The number of ketones is 1. The van der Waals surface area contributed by atoms with E-state index in [9.17, 15) is 14.4 Å². The van der Waals surface area contributed by atoms with Gasteiger partial charge < -0.3 is 5.32 Å². The van der Waals surface area contributed by atoms with Crippen LogP contribution in [0.25, 0.3) is 16.7 Å². The molecule has 0 aliphatic carbocycles. The van der Waals surface area contributed by atoms with Gasteiger partial charge in [0, 0.05) is 23.7 Å². The molecule has 0 bridgehead atoms. The topological polar surface area (TPSA) is 98.4 Å². The molecular formula is C27H31N5O3S. The molecule has 9 heteroatoms. The van der Waals surface area contributed by atoms with E-state index in [4.69, 9.17) is 0 Å². The molecule has 0 aliphatic heterocycles. The number of fused-ring (bicyclic) bond motifs is 3. The summed E-state index contributed by atoms with van der Waals surface area (Å²) in [5.74, 6) is 0.538. The van der Waals surface area contributed by atoms with E-state index in [0.717, 1.165) is 11.1 Å². The highest BCUT2D eigenvalue weighted by molar-refractivity contribution is 7.99. The summed E-state index contributed by atoms with van der Waals surface area (Å²) in [5, 5.41) is 12.5. The largest absolute Gasteiger partial charge is 0.350 e. The third kappa shape index (κ3) is 5.06. The maximum atomic E-state index is 13.4. The lowest BCUT2D eigenvalue weighted by atomic mass is 10.0. The van der Waals surface area contributed by atoms with Gasteiger partial charge in [0.05, 0.1) is 16.7 Å². The Morgan fingerprint density at radius 2 is 1.78 bits per heavy atom. The van der Waals surface area contributed by atoms with Gasteiger partial charge in [-0.1, -0.05) is 49.4 Å². The van der Waals surface area contributed by atoms with Crippen LogP contribution in [0.1, 0.15) is 59.5 Å². The highest BCUT2D eigenvalue weighted by Crippen LogP contribution is 2.24. The second-order valence-electron chi connectivity index (χ2n) is 9.82. The first-order valence-electron chi connectivity index (χ1n) is 12.0. The van der Waals surface area contributed by atoms with E-state index in [1.807, 2.05) is 59.7 Å². The predicted molar refractivity (Wildman–Crippen MR) is 143 cm³/mol. The third-order valence-electron chi connectivity index (χ3n) is 5.82. The van der Waals surface area contributed by atoms with Crippen LogP contribution in [0.15, 0.2) is 46.3 Å². The van der Waals surface area contributed by atoms with E-state index in [1.165, 1.54) is 11.8 Å². The number of Topliss-reactive ketones (excluding diaryl/α,β-unsaturated/α-hetero) is 1. The van der Waals surface area contributed by atoms with Crippen molar-refractivity contribution in [2.45, 2.75) is 59.3 Å². The molecule has 0 saturated heterocycles. The number of nitrogens with one attached hydrogen (secondary N) is 1. The number of aromatic nitrogens is 4. The van der Waals surface area contributed by atoms with Crippen molar-refractivity contribution in [2.24, 2.45) is 5.92 Å². The van der Waals surface area contributed by atoms with Crippen LogP contribution in [-0.2, 0) is 6.54 Å². The second kappa shape index (κ2) is 10.3. The number of benzene rings is 2. The molecule has 0 atom stereocenters. The number of hydrogen-bond donors (Lipinski definition) is 1. The molecule has 0 unspecified atom stereocenters. The van der Waals surface area contributed by atoms with Crippen LogP contribution in [0.2, 0.25) is 0 Å². The summed E-state index contributed by atoms with van der Waals surface area (Å²) in [4.78, 5) is 39.1.